The number of rotatable bonds is 6. The molecule has 0 aromatic heterocycles. The van der Waals surface area contributed by atoms with Gasteiger partial charge in [0.2, 0.25) is 0 Å². The first-order valence-corrected chi connectivity index (χ1v) is 5.04. The Labute approximate surface area is 75.5 Å². The molecule has 12 heavy (non-hydrogen) atoms. The molecule has 1 unspecified atom stereocenters. The van der Waals surface area contributed by atoms with Crippen molar-refractivity contribution in [3.63, 3.8) is 0 Å². The first-order valence-electron chi connectivity index (χ1n) is 5.04. The lowest BCUT2D eigenvalue weighted by Crippen LogP contribution is -2.19. The SMILES string of the molecule is CCC(C)OCC1(CCN)CC1. The largest absolute Gasteiger partial charge is 0.378 e. The fourth-order valence-corrected chi connectivity index (χ4v) is 1.39. The Hall–Kier alpha value is -0.0800. The first kappa shape index (κ1) is 10.0. The Kier molecular flexibility index (Phi) is 3.53. The lowest BCUT2D eigenvalue weighted by atomic mass is 10.0. The number of ether oxygens (including phenoxy) is 1. The van der Waals surface area contributed by atoms with Crippen LogP contribution in [0.5, 0.6) is 0 Å². The van der Waals surface area contributed by atoms with E-state index < -0.39 is 0 Å². The van der Waals surface area contributed by atoms with E-state index in [1.165, 1.54) is 12.8 Å². The Morgan fingerprint density at radius 3 is 2.58 bits per heavy atom. The first-order chi connectivity index (χ1) is 5.72. The molecule has 0 spiro atoms. The molecule has 1 atom stereocenters. The molecule has 1 aliphatic rings. The third kappa shape index (κ3) is 2.76. The van der Waals surface area contributed by atoms with Crippen LogP contribution in [0.4, 0.5) is 0 Å². The highest BCUT2D eigenvalue weighted by atomic mass is 16.5. The maximum absolute atomic E-state index is 5.72. The van der Waals surface area contributed by atoms with Gasteiger partial charge in [0.05, 0.1) is 12.7 Å². The van der Waals surface area contributed by atoms with Crippen LogP contribution < -0.4 is 5.73 Å². The van der Waals surface area contributed by atoms with E-state index >= 15 is 0 Å². The van der Waals surface area contributed by atoms with Crippen molar-refractivity contribution in [3.05, 3.63) is 0 Å². The topological polar surface area (TPSA) is 35.2 Å². The van der Waals surface area contributed by atoms with Gasteiger partial charge in [-0.05, 0) is 44.6 Å². The second kappa shape index (κ2) is 4.24. The quantitative estimate of drug-likeness (QED) is 0.662. The molecule has 0 amide bonds. The minimum atomic E-state index is 0.417. The third-order valence-electron chi connectivity index (χ3n) is 2.88. The molecule has 1 aliphatic carbocycles. The van der Waals surface area contributed by atoms with Crippen LogP contribution in [0.2, 0.25) is 0 Å². The van der Waals surface area contributed by atoms with Gasteiger partial charge >= 0.3 is 0 Å². The molecule has 0 radical (unpaired) electrons. The Bertz CT molecular complexity index is 132. The smallest absolute Gasteiger partial charge is 0.0544 e. The van der Waals surface area contributed by atoms with Crippen molar-refractivity contribution in [2.75, 3.05) is 13.2 Å². The van der Waals surface area contributed by atoms with Crippen LogP contribution in [0.25, 0.3) is 0 Å². The summed E-state index contributed by atoms with van der Waals surface area (Å²) in [5, 5.41) is 0. The summed E-state index contributed by atoms with van der Waals surface area (Å²) in [5.74, 6) is 0. The van der Waals surface area contributed by atoms with Crippen LogP contribution in [-0.4, -0.2) is 19.3 Å². The minimum Gasteiger partial charge on any atom is -0.378 e. The average Bonchev–Trinajstić information content (AvgIpc) is 2.82. The van der Waals surface area contributed by atoms with Crippen molar-refractivity contribution in [1.29, 1.82) is 0 Å². The lowest BCUT2D eigenvalue weighted by Gasteiger charge is -2.17. The zero-order chi connectivity index (χ0) is 9.03. The molecular weight excluding hydrogens is 150 g/mol. The van der Waals surface area contributed by atoms with Crippen molar-refractivity contribution >= 4 is 0 Å². The number of hydrogen-bond donors (Lipinski definition) is 1. The lowest BCUT2D eigenvalue weighted by molar-refractivity contribution is 0.0292. The highest BCUT2D eigenvalue weighted by Gasteiger charge is 2.41. The predicted octanol–water partition coefficient (Wildman–Crippen LogP) is 1.93. The maximum Gasteiger partial charge on any atom is 0.0544 e. The van der Waals surface area contributed by atoms with Gasteiger partial charge < -0.3 is 10.5 Å². The van der Waals surface area contributed by atoms with Gasteiger partial charge in [0.15, 0.2) is 0 Å². The Morgan fingerprint density at radius 2 is 2.17 bits per heavy atom. The van der Waals surface area contributed by atoms with Gasteiger partial charge in [-0.2, -0.15) is 0 Å². The number of hydrogen-bond acceptors (Lipinski definition) is 2. The summed E-state index contributed by atoms with van der Waals surface area (Å²) in [6.45, 7) is 6.04. The van der Waals surface area contributed by atoms with Gasteiger partial charge in [-0.1, -0.05) is 6.92 Å². The molecule has 2 heteroatoms. The number of nitrogens with two attached hydrogens (primary N) is 1. The molecule has 0 aliphatic heterocycles. The second-order valence-electron chi connectivity index (χ2n) is 4.07. The van der Waals surface area contributed by atoms with Crippen LogP contribution >= 0.6 is 0 Å². The van der Waals surface area contributed by atoms with Crippen LogP contribution in [0.3, 0.4) is 0 Å². The van der Waals surface area contributed by atoms with Crippen molar-refractivity contribution in [3.8, 4) is 0 Å². The summed E-state index contributed by atoms with van der Waals surface area (Å²) in [5.41, 5.74) is 6.02. The molecule has 72 valence electrons. The third-order valence-corrected chi connectivity index (χ3v) is 2.88. The second-order valence-corrected chi connectivity index (χ2v) is 4.07. The van der Waals surface area contributed by atoms with Crippen LogP contribution in [-0.2, 0) is 4.74 Å². The normalized spacial score (nSPS) is 22.2. The van der Waals surface area contributed by atoms with E-state index in [-0.39, 0.29) is 0 Å². The van der Waals surface area contributed by atoms with Crippen molar-refractivity contribution < 1.29 is 4.74 Å². The van der Waals surface area contributed by atoms with Crippen molar-refractivity contribution in [2.24, 2.45) is 11.1 Å². The standard InChI is InChI=1S/C10H21NO/c1-3-9(2)12-8-10(4-5-10)6-7-11/h9H,3-8,11H2,1-2H3. The van der Waals surface area contributed by atoms with E-state index in [4.69, 9.17) is 10.5 Å². The van der Waals surface area contributed by atoms with Gasteiger partial charge in [0, 0.05) is 0 Å². The summed E-state index contributed by atoms with van der Waals surface area (Å²) in [6, 6.07) is 0. The van der Waals surface area contributed by atoms with Crippen LogP contribution in [0.15, 0.2) is 0 Å². The van der Waals surface area contributed by atoms with E-state index in [0.29, 0.717) is 11.5 Å². The Balaban J connectivity index is 2.13. The van der Waals surface area contributed by atoms with Gasteiger partial charge in [-0.15, -0.1) is 0 Å². The fourth-order valence-electron chi connectivity index (χ4n) is 1.39. The van der Waals surface area contributed by atoms with E-state index in [2.05, 4.69) is 13.8 Å². The molecule has 0 saturated heterocycles. The minimum absolute atomic E-state index is 0.417. The summed E-state index contributed by atoms with van der Waals surface area (Å²) in [7, 11) is 0. The molecule has 1 saturated carbocycles. The molecule has 2 nitrogen and oxygen atoms in total. The average molecular weight is 171 g/mol. The van der Waals surface area contributed by atoms with Crippen molar-refractivity contribution in [2.45, 2.75) is 45.6 Å². The van der Waals surface area contributed by atoms with E-state index in [0.717, 1.165) is 26.0 Å². The summed E-state index contributed by atoms with van der Waals surface area (Å²) in [6.07, 6.45) is 5.31. The zero-order valence-electron chi connectivity index (χ0n) is 8.31. The van der Waals surface area contributed by atoms with Gasteiger partial charge in [-0.25, -0.2) is 0 Å². The summed E-state index contributed by atoms with van der Waals surface area (Å²) in [4.78, 5) is 0. The molecule has 2 N–H and O–H groups in total. The molecule has 0 aromatic carbocycles. The highest BCUT2D eigenvalue weighted by molar-refractivity contribution is 4.93. The predicted molar refractivity (Wildman–Crippen MR) is 51.0 cm³/mol. The zero-order valence-corrected chi connectivity index (χ0v) is 8.31. The van der Waals surface area contributed by atoms with E-state index in [9.17, 15) is 0 Å². The van der Waals surface area contributed by atoms with E-state index in [1.54, 1.807) is 0 Å². The molecule has 1 fully saturated rings. The fraction of sp³-hybridized carbons (Fsp3) is 1.00. The molecule has 0 heterocycles. The molecule has 1 rings (SSSR count). The maximum atomic E-state index is 5.72. The monoisotopic (exact) mass is 171 g/mol. The van der Waals surface area contributed by atoms with Gasteiger partial charge in [0.1, 0.15) is 0 Å². The van der Waals surface area contributed by atoms with Crippen LogP contribution in [0.1, 0.15) is 39.5 Å². The Morgan fingerprint density at radius 1 is 1.50 bits per heavy atom. The van der Waals surface area contributed by atoms with E-state index in [1.807, 2.05) is 0 Å². The van der Waals surface area contributed by atoms with Gasteiger partial charge in [0.25, 0.3) is 0 Å². The summed E-state index contributed by atoms with van der Waals surface area (Å²) < 4.78 is 5.72. The van der Waals surface area contributed by atoms with Crippen molar-refractivity contribution in [1.82, 2.24) is 0 Å². The molecule has 0 bridgehead atoms. The summed E-state index contributed by atoms with van der Waals surface area (Å²) >= 11 is 0. The van der Waals surface area contributed by atoms with Gasteiger partial charge in [-0.3, -0.25) is 0 Å². The highest BCUT2D eigenvalue weighted by Crippen LogP contribution is 2.48. The van der Waals surface area contributed by atoms with Crippen LogP contribution in [0, 0.1) is 5.41 Å². The molecule has 0 aromatic rings. The molecular formula is C10H21NO.